The van der Waals surface area contributed by atoms with Crippen molar-refractivity contribution in [3.63, 3.8) is 0 Å². The Bertz CT molecular complexity index is 1710. The molecule has 0 atom stereocenters. The number of rotatable bonds is 6. The summed E-state index contributed by atoms with van der Waals surface area (Å²) >= 11 is 0. The second-order valence-corrected chi connectivity index (χ2v) is 10.0. The average Bonchev–Trinajstić information content (AvgIpc) is 3.58. The molecule has 38 heavy (non-hydrogen) atoms. The number of pyridine rings is 3. The average molecular weight is 502 g/mol. The van der Waals surface area contributed by atoms with E-state index in [-0.39, 0.29) is 0 Å². The smallest absolute Gasteiger partial charge is 0.178 e. The Morgan fingerprint density at radius 3 is 2.79 bits per heavy atom. The Kier molecular flexibility index (Phi) is 6.65. The van der Waals surface area contributed by atoms with E-state index in [1.165, 1.54) is 37.7 Å². The standard InChI is InChI=1S/C31H31N7/c1-3-26-25(15-20(2)23-17-22(18-32-19-23)16-21-9-5-4-6-10-21)29(38-37-26)31-35-28-24(12-14-34-30(28)36-31)27-11-7-8-13-33-27/h3,7-8,11-15,17-19,21,37H,2,4-6,9-10,16H2,1H3,(H,34,35,36)/b25-15+,26-3+. The molecule has 1 aliphatic carbocycles. The van der Waals surface area contributed by atoms with Crippen molar-refractivity contribution in [2.75, 3.05) is 0 Å². The molecule has 7 heteroatoms. The van der Waals surface area contributed by atoms with Crippen LogP contribution in [0.25, 0.3) is 51.7 Å². The Labute approximate surface area is 221 Å². The normalized spacial score (nSPS) is 15.4. The van der Waals surface area contributed by atoms with Gasteiger partial charge in [0.05, 0.1) is 16.6 Å². The van der Waals surface area contributed by atoms with Gasteiger partial charge in [0.25, 0.3) is 0 Å². The lowest BCUT2D eigenvalue weighted by atomic mass is 9.85. The van der Waals surface area contributed by atoms with Crippen molar-refractivity contribution < 1.29 is 0 Å². The summed E-state index contributed by atoms with van der Waals surface area (Å²) in [6.07, 6.45) is 19.3. The van der Waals surface area contributed by atoms with Gasteiger partial charge in [-0.25, -0.2) is 9.97 Å². The number of aromatic nitrogens is 7. The van der Waals surface area contributed by atoms with Crippen LogP contribution in [0.2, 0.25) is 0 Å². The summed E-state index contributed by atoms with van der Waals surface area (Å²) in [5, 5.41) is 9.60. The zero-order chi connectivity index (χ0) is 25.9. The first-order chi connectivity index (χ1) is 18.7. The van der Waals surface area contributed by atoms with Crippen LogP contribution < -0.4 is 10.6 Å². The zero-order valence-electron chi connectivity index (χ0n) is 21.6. The molecule has 1 saturated carbocycles. The minimum Gasteiger partial charge on any atom is -0.335 e. The van der Waals surface area contributed by atoms with Gasteiger partial charge in [0.1, 0.15) is 5.69 Å². The SMILES string of the molecule is C=C(/C=c1/c(-c2nc3nccc(-c4ccccn4)c3[nH]2)n[nH]/c1=C/C)c1cncc(CC2CCCCC2)c1. The van der Waals surface area contributed by atoms with Crippen molar-refractivity contribution in [1.29, 1.82) is 0 Å². The van der Waals surface area contributed by atoms with Crippen molar-refractivity contribution >= 4 is 28.9 Å². The van der Waals surface area contributed by atoms with Crippen LogP contribution in [0.3, 0.4) is 0 Å². The van der Waals surface area contributed by atoms with Crippen LogP contribution in [0.15, 0.2) is 61.7 Å². The van der Waals surface area contributed by atoms with E-state index in [0.717, 1.165) is 56.5 Å². The predicted octanol–water partition coefficient (Wildman–Crippen LogP) is 5.22. The molecular weight excluding hydrogens is 470 g/mol. The van der Waals surface area contributed by atoms with E-state index in [2.05, 4.69) is 48.9 Å². The predicted molar refractivity (Wildman–Crippen MR) is 152 cm³/mol. The molecule has 0 amide bonds. The number of aromatic amines is 2. The van der Waals surface area contributed by atoms with Gasteiger partial charge in [0.15, 0.2) is 11.5 Å². The number of nitrogens with one attached hydrogen (secondary N) is 2. The summed E-state index contributed by atoms with van der Waals surface area (Å²) in [6.45, 7) is 6.38. The number of hydrogen-bond donors (Lipinski definition) is 2. The number of imidazole rings is 1. The molecule has 0 aliphatic heterocycles. The molecule has 1 aliphatic rings. The van der Waals surface area contributed by atoms with Crippen LogP contribution in [-0.4, -0.2) is 35.1 Å². The van der Waals surface area contributed by atoms with E-state index in [4.69, 9.17) is 4.98 Å². The number of allylic oxidation sites excluding steroid dienone is 1. The highest BCUT2D eigenvalue weighted by atomic mass is 15.1. The van der Waals surface area contributed by atoms with Crippen LogP contribution in [0.4, 0.5) is 0 Å². The van der Waals surface area contributed by atoms with Crippen LogP contribution in [0.5, 0.6) is 0 Å². The molecule has 1 fully saturated rings. The van der Waals surface area contributed by atoms with Crippen LogP contribution in [0.1, 0.15) is 50.2 Å². The maximum Gasteiger partial charge on any atom is 0.178 e. The van der Waals surface area contributed by atoms with E-state index in [9.17, 15) is 0 Å². The highest BCUT2D eigenvalue weighted by molar-refractivity contribution is 5.91. The Morgan fingerprint density at radius 2 is 1.97 bits per heavy atom. The summed E-state index contributed by atoms with van der Waals surface area (Å²) in [7, 11) is 0. The van der Waals surface area contributed by atoms with Crippen LogP contribution >= 0.6 is 0 Å². The number of nitrogens with zero attached hydrogens (tertiary/aromatic N) is 5. The van der Waals surface area contributed by atoms with E-state index in [1.807, 2.05) is 49.7 Å². The van der Waals surface area contributed by atoms with Gasteiger partial charge in [-0.15, -0.1) is 0 Å². The second kappa shape index (κ2) is 10.5. The number of fused-ring (bicyclic) bond motifs is 1. The van der Waals surface area contributed by atoms with Crippen LogP contribution in [0, 0.1) is 5.92 Å². The molecule has 7 nitrogen and oxygen atoms in total. The van der Waals surface area contributed by atoms with Gasteiger partial charge in [-0.05, 0) is 66.3 Å². The van der Waals surface area contributed by atoms with Gasteiger partial charge in [-0.2, -0.15) is 5.10 Å². The summed E-state index contributed by atoms with van der Waals surface area (Å²) in [4.78, 5) is 21.8. The van der Waals surface area contributed by atoms with E-state index in [0.29, 0.717) is 11.5 Å². The molecule has 0 radical (unpaired) electrons. The zero-order valence-corrected chi connectivity index (χ0v) is 21.6. The molecule has 0 unspecified atom stereocenters. The Balaban J connectivity index is 1.37. The quantitative estimate of drug-likeness (QED) is 0.332. The van der Waals surface area contributed by atoms with Gasteiger partial charge in [0, 0.05) is 35.6 Å². The fourth-order valence-electron chi connectivity index (χ4n) is 5.43. The van der Waals surface area contributed by atoms with Gasteiger partial charge in [-0.3, -0.25) is 15.1 Å². The molecule has 190 valence electrons. The van der Waals surface area contributed by atoms with Crippen molar-refractivity contribution in [1.82, 2.24) is 35.1 Å². The first-order valence-corrected chi connectivity index (χ1v) is 13.3. The second-order valence-electron chi connectivity index (χ2n) is 10.0. The molecule has 5 aromatic heterocycles. The van der Waals surface area contributed by atoms with E-state index < -0.39 is 0 Å². The molecule has 0 spiro atoms. The first kappa shape index (κ1) is 24.0. The maximum absolute atomic E-state index is 4.78. The van der Waals surface area contributed by atoms with Crippen molar-refractivity contribution in [3.8, 4) is 22.8 Å². The third-order valence-electron chi connectivity index (χ3n) is 7.41. The molecule has 2 N–H and O–H groups in total. The van der Waals surface area contributed by atoms with Crippen molar-refractivity contribution in [2.24, 2.45) is 5.92 Å². The van der Waals surface area contributed by atoms with E-state index >= 15 is 0 Å². The largest absolute Gasteiger partial charge is 0.335 e. The summed E-state index contributed by atoms with van der Waals surface area (Å²) in [5.74, 6) is 1.40. The molecule has 0 aromatic carbocycles. The first-order valence-electron chi connectivity index (χ1n) is 13.3. The third kappa shape index (κ3) is 4.79. The van der Waals surface area contributed by atoms with E-state index in [1.54, 1.807) is 12.4 Å². The molecule has 5 heterocycles. The Morgan fingerprint density at radius 1 is 1.08 bits per heavy atom. The molecule has 0 saturated heterocycles. The lowest BCUT2D eigenvalue weighted by Crippen LogP contribution is -2.23. The summed E-state index contributed by atoms with van der Waals surface area (Å²) in [5.41, 5.74) is 7.17. The Hall–Kier alpha value is -4.39. The maximum atomic E-state index is 4.78. The summed E-state index contributed by atoms with van der Waals surface area (Å²) in [6, 6.07) is 10.0. The fourth-order valence-corrected chi connectivity index (χ4v) is 5.43. The van der Waals surface area contributed by atoms with Gasteiger partial charge < -0.3 is 4.98 Å². The molecular formula is C31H31N7. The van der Waals surface area contributed by atoms with Crippen molar-refractivity contribution in [3.05, 3.63) is 83.4 Å². The van der Waals surface area contributed by atoms with Gasteiger partial charge >= 0.3 is 0 Å². The molecule has 6 rings (SSSR count). The van der Waals surface area contributed by atoms with Gasteiger partial charge in [0.2, 0.25) is 0 Å². The highest BCUT2D eigenvalue weighted by Crippen LogP contribution is 2.28. The molecule has 5 aromatic rings. The van der Waals surface area contributed by atoms with Gasteiger partial charge in [-0.1, -0.05) is 50.8 Å². The molecule has 0 bridgehead atoms. The topological polar surface area (TPSA) is 96.0 Å². The van der Waals surface area contributed by atoms with Crippen molar-refractivity contribution in [2.45, 2.75) is 45.4 Å². The minimum atomic E-state index is 0.623. The highest BCUT2D eigenvalue weighted by Gasteiger charge is 2.16. The number of hydrogen-bond acceptors (Lipinski definition) is 5. The lowest BCUT2D eigenvalue weighted by molar-refractivity contribution is 0.356. The number of H-pyrrole nitrogens is 2. The third-order valence-corrected chi connectivity index (χ3v) is 7.41. The monoisotopic (exact) mass is 501 g/mol. The summed E-state index contributed by atoms with van der Waals surface area (Å²) < 4.78 is 0. The van der Waals surface area contributed by atoms with Crippen LogP contribution in [-0.2, 0) is 6.42 Å². The fraction of sp³-hybridized carbons (Fsp3) is 0.258. The lowest BCUT2D eigenvalue weighted by Gasteiger charge is -2.21. The minimum absolute atomic E-state index is 0.623.